The summed E-state index contributed by atoms with van der Waals surface area (Å²) >= 11 is 0. The van der Waals surface area contributed by atoms with E-state index in [1.165, 1.54) is 0 Å². The van der Waals surface area contributed by atoms with Gasteiger partial charge in [0.2, 0.25) is 5.91 Å². The second kappa shape index (κ2) is 8.87. The molecule has 1 amide bonds. The molecule has 0 saturated carbocycles. The predicted octanol–water partition coefficient (Wildman–Crippen LogP) is -1.81. The van der Waals surface area contributed by atoms with Crippen LogP contribution in [0.25, 0.3) is 0 Å². The van der Waals surface area contributed by atoms with Crippen molar-refractivity contribution in [3.63, 3.8) is 0 Å². The van der Waals surface area contributed by atoms with Gasteiger partial charge in [0.15, 0.2) is 6.04 Å². The van der Waals surface area contributed by atoms with E-state index in [-0.39, 0.29) is 13.0 Å². The molecular formula is C11H18N2O8. The number of amides is 1. The summed E-state index contributed by atoms with van der Waals surface area (Å²) in [5.41, 5.74) is 2.21. The van der Waals surface area contributed by atoms with Crippen molar-refractivity contribution >= 4 is 23.8 Å². The normalized spacial score (nSPS) is 13.1. The summed E-state index contributed by atoms with van der Waals surface area (Å²) in [7, 11) is 0. The highest BCUT2D eigenvalue weighted by Gasteiger charge is 2.31. The van der Waals surface area contributed by atoms with Gasteiger partial charge in [-0.25, -0.2) is 10.2 Å². The number of hydrogen-bond acceptors (Lipinski definition) is 7. The molecule has 10 nitrogen and oxygen atoms in total. The molecule has 0 aliphatic rings. The monoisotopic (exact) mass is 306 g/mol. The molecule has 0 aromatic rings. The van der Waals surface area contributed by atoms with E-state index in [0.29, 0.717) is 5.01 Å². The third kappa shape index (κ3) is 6.68. The number of hydrazine groups is 1. The SMILES string of the molecule is CC(=O)OCC[C@H](NN(C(C)=O)[C@@H](CO)C(=O)O)C(=O)O. The molecule has 0 heterocycles. The van der Waals surface area contributed by atoms with E-state index < -0.39 is 42.5 Å². The Bertz CT molecular complexity index is 411. The topological polar surface area (TPSA) is 153 Å². The summed E-state index contributed by atoms with van der Waals surface area (Å²) in [6.07, 6.45) is -0.184. The van der Waals surface area contributed by atoms with Crippen LogP contribution in [0.4, 0.5) is 0 Å². The molecule has 0 bridgehead atoms. The molecule has 0 rings (SSSR count). The molecule has 0 aromatic heterocycles. The Kier molecular flexibility index (Phi) is 7.94. The van der Waals surface area contributed by atoms with Crippen LogP contribution in [0.15, 0.2) is 0 Å². The first-order valence-electron chi connectivity index (χ1n) is 5.96. The standard InChI is InChI=1S/C11H18N2O8/c1-6(15)13(9(5-14)11(19)20)12-8(10(17)18)3-4-21-7(2)16/h8-9,12,14H,3-5H2,1-2H3,(H,17,18)(H,19,20)/t8-,9-/m0/s1. The highest BCUT2D eigenvalue weighted by Crippen LogP contribution is 2.02. The maximum absolute atomic E-state index is 11.4. The second-order valence-electron chi connectivity index (χ2n) is 4.07. The predicted molar refractivity (Wildman–Crippen MR) is 66.8 cm³/mol. The summed E-state index contributed by atoms with van der Waals surface area (Å²) in [4.78, 5) is 44.0. The van der Waals surface area contributed by atoms with Crippen LogP contribution in [-0.2, 0) is 23.9 Å². The third-order valence-corrected chi connectivity index (χ3v) is 2.41. The Labute approximate surface area is 120 Å². The van der Waals surface area contributed by atoms with Gasteiger partial charge in [0.05, 0.1) is 13.2 Å². The number of nitrogens with zero attached hydrogens (tertiary/aromatic N) is 1. The van der Waals surface area contributed by atoms with Gasteiger partial charge in [-0.05, 0) is 0 Å². The number of esters is 1. The molecule has 4 N–H and O–H groups in total. The van der Waals surface area contributed by atoms with Gasteiger partial charge in [0.25, 0.3) is 0 Å². The number of carboxylic acids is 2. The Balaban J connectivity index is 4.90. The first-order chi connectivity index (χ1) is 9.70. The van der Waals surface area contributed by atoms with Crippen molar-refractivity contribution in [2.75, 3.05) is 13.2 Å². The largest absolute Gasteiger partial charge is 0.480 e. The van der Waals surface area contributed by atoms with E-state index in [2.05, 4.69) is 10.2 Å². The van der Waals surface area contributed by atoms with E-state index in [9.17, 15) is 19.2 Å². The summed E-state index contributed by atoms with van der Waals surface area (Å²) < 4.78 is 4.59. The molecule has 0 aliphatic carbocycles. The Morgan fingerprint density at radius 1 is 1.14 bits per heavy atom. The van der Waals surface area contributed by atoms with E-state index in [0.717, 1.165) is 13.8 Å². The minimum Gasteiger partial charge on any atom is -0.480 e. The van der Waals surface area contributed by atoms with Gasteiger partial charge in [0, 0.05) is 20.3 Å². The summed E-state index contributed by atoms with van der Waals surface area (Å²) in [6.45, 7) is 1.06. The second-order valence-corrected chi connectivity index (χ2v) is 4.07. The van der Waals surface area contributed by atoms with Crippen LogP contribution < -0.4 is 5.43 Å². The van der Waals surface area contributed by atoms with E-state index >= 15 is 0 Å². The lowest BCUT2D eigenvalue weighted by Gasteiger charge is -2.29. The van der Waals surface area contributed by atoms with Gasteiger partial charge < -0.3 is 20.1 Å². The summed E-state index contributed by atoms with van der Waals surface area (Å²) in [5.74, 6) is -4.24. The van der Waals surface area contributed by atoms with Gasteiger partial charge >= 0.3 is 17.9 Å². The van der Waals surface area contributed by atoms with Crippen molar-refractivity contribution in [1.82, 2.24) is 10.4 Å². The molecule has 0 spiro atoms. The fourth-order valence-corrected chi connectivity index (χ4v) is 1.40. The van der Waals surface area contributed by atoms with Crippen LogP contribution in [0.2, 0.25) is 0 Å². The molecule has 0 saturated heterocycles. The van der Waals surface area contributed by atoms with Gasteiger partial charge in [-0.15, -0.1) is 0 Å². The molecule has 0 unspecified atom stereocenters. The number of aliphatic carboxylic acids is 2. The number of aliphatic hydroxyl groups excluding tert-OH is 1. The Hall–Kier alpha value is -2.20. The highest BCUT2D eigenvalue weighted by atomic mass is 16.5. The maximum atomic E-state index is 11.4. The van der Waals surface area contributed by atoms with Crippen molar-refractivity contribution in [1.29, 1.82) is 0 Å². The first kappa shape index (κ1) is 18.8. The zero-order valence-electron chi connectivity index (χ0n) is 11.6. The average molecular weight is 306 g/mol. The molecule has 0 aliphatic heterocycles. The maximum Gasteiger partial charge on any atom is 0.330 e. The fraction of sp³-hybridized carbons (Fsp3) is 0.636. The number of carboxylic acid groups (broad SMARTS) is 2. The first-order valence-corrected chi connectivity index (χ1v) is 5.96. The van der Waals surface area contributed by atoms with Crippen LogP contribution in [-0.4, -0.2) is 69.4 Å². The van der Waals surface area contributed by atoms with Gasteiger partial charge in [-0.1, -0.05) is 0 Å². The minimum atomic E-state index is -1.63. The quantitative estimate of drug-likeness (QED) is 0.285. The molecule has 0 aromatic carbocycles. The number of carbonyl (C=O) groups excluding carboxylic acids is 2. The highest BCUT2D eigenvalue weighted by molar-refractivity contribution is 5.82. The van der Waals surface area contributed by atoms with Crippen molar-refractivity contribution in [2.24, 2.45) is 0 Å². The van der Waals surface area contributed by atoms with Gasteiger partial charge in [0.1, 0.15) is 6.04 Å². The Morgan fingerprint density at radius 2 is 1.71 bits per heavy atom. The molecule has 2 atom stereocenters. The molecule has 120 valence electrons. The number of rotatable bonds is 9. The van der Waals surface area contributed by atoms with Crippen LogP contribution in [0.1, 0.15) is 20.3 Å². The van der Waals surface area contributed by atoms with Crippen LogP contribution >= 0.6 is 0 Å². The van der Waals surface area contributed by atoms with Crippen molar-refractivity contribution in [3.05, 3.63) is 0 Å². The number of hydrogen-bond donors (Lipinski definition) is 4. The lowest BCUT2D eigenvalue weighted by Crippen LogP contribution is -2.58. The van der Waals surface area contributed by atoms with Crippen molar-refractivity contribution in [2.45, 2.75) is 32.4 Å². The van der Waals surface area contributed by atoms with Crippen molar-refractivity contribution in [3.8, 4) is 0 Å². The molecule has 10 heteroatoms. The molecule has 0 fully saturated rings. The van der Waals surface area contributed by atoms with E-state index in [1.54, 1.807) is 0 Å². The molecular weight excluding hydrogens is 288 g/mol. The van der Waals surface area contributed by atoms with E-state index in [1.807, 2.05) is 0 Å². The van der Waals surface area contributed by atoms with Crippen LogP contribution in [0.5, 0.6) is 0 Å². The Morgan fingerprint density at radius 3 is 2.05 bits per heavy atom. The van der Waals surface area contributed by atoms with Crippen LogP contribution in [0.3, 0.4) is 0 Å². The number of aliphatic hydroxyl groups is 1. The number of carbonyl (C=O) groups is 4. The lowest BCUT2D eigenvalue weighted by atomic mass is 10.2. The molecule has 0 radical (unpaired) electrons. The molecule has 21 heavy (non-hydrogen) atoms. The van der Waals surface area contributed by atoms with Crippen molar-refractivity contribution < 1.29 is 39.2 Å². The number of ether oxygens (including phenoxy) is 1. The zero-order chi connectivity index (χ0) is 16.6. The summed E-state index contributed by atoms with van der Waals surface area (Å²) in [5, 5.41) is 27.4. The summed E-state index contributed by atoms with van der Waals surface area (Å²) in [6, 6.07) is -2.99. The van der Waals surface area contributed by atoms with Gasteiger partial charge in [-0.2, -0.15) is 0 Å². The minimum absolute atomic E-state index is 0.184. The van der Waals surface area contributed by atoms with Crippen LogP contribution in [0, 0.1) is 0 Å². The average Bonchev–Trinajstić information content (AvgIpc) is 2.35. The third-order valence-electron chi connectivity index (χ3n) is 2.41. The van der Waals surface area contributed by atoms with Gasteiger partial charge in [-0.3, -0.25) is 19.4 Å². The fourth-order valence-electron chi connectivity index (χ4n) is 1.40. The number of nitrogens with one attached hydrogen (secondary N) is 1. The smallest absolute Gasteiger partial charge is 0.330 e. The van der Waals surface area contributed by atoms with E-state index in [4.69, 9.17) is 15.3 Å². The zero-order valence-corrected chi connectivity index (χ0v) is 11.6. The lowest BCUT2D eigenvalue weighted by molar-refractivity contribution is -0.158.